The maximum atomic E-state index is 13.3. The Morgan fingerprint density at radius 2 is 1.69 bits per heavy atom. The molecule has 1 saturated heterocycles. The SMILES string of the molecule is O=C(NO)c1ccc(N2CCN(S(=O)(=O)c3cccc(F)c3)CC2)cc1. The van der Waals surface area contributed by atoms with Gasteiger partial charge in [-0.05, 0) is 42.5 Å². The molecule has 0 spiro atoms. The predicted molar refractivity (Wildman–Crippen MR) is 93.1 cm³/mol. The fraction of sp³-hybridized carbons (Fsp3) is 0.235. The van der Waals surface area contributed by atoms with E-state index in [4.69, 9.17) is 5.21 Å². The van der Waals surface area contributed by atoms with Crippen LogP contribution in [0.15, 0.2) is 53.4 Å². The van der Waals surface area contributed by atoms with E-state index < -0.39 is 21.7 Å². The largest absolute Gasteiger partial charge is 0.369 e. The van der Waals surface area contributed by atoms with E-state index in [0.29, 0.717) is 18.7 Å². The molecule has 2 N–H and O–H groups in total. The maximum absolute atomic E-state index is 13.3. The highest BCUT2D eigenvalue weighted by Crippen LogP contribution is 2.22. The van der Waals surface area contributed by atoms with Crippen LogP contribution in [0.25, 0.3) is 0 Å². The average molecular weight is 379 g/mol. The third-order valence-electron chi connectivity index (χ3n) is 4.27. The number of piperazine rings is 1. The summed E-state index contributed by atoms with van der Waals surface area (Å²) in [6.45, 7) is 1.50. The van der Waals surface area contributed by atoms with Gasteiger partial charge in [-0.15, -0.1) is 0 Å². The Morgan fingerprint density at radius 1 is 1.04 bits per heavy atom. The van der Waals surface area contributed by atoms with Crippen molar-refractivity contribution in [3.05, 3.63) is 59.9 Å². The van der Waals surface area contributed by atoms with E-state index >= 15 is 0 Å². The first kappa shape index (κ1) is 18.3. The molecule has 2 aromatic carbocycles. The van der Waals surface area contributed by atoms with Crippen LogP contribution in [0.4, 0.5) is 10.1 Å². The molecule has 0 aliphatic carbocycles. The highest BCUT2D eigenvalue weighted by atomic mass is 32.2. The third-order valence-corrected chi connectivity index (χ3v) is 6.16. The number of rotatable bonds is 4. The molecule has 7 nitrogen and oxygen atoms in total. The number of carbonyl (C=O) groups excluding carboxylic acids is 1. The van der Waals surface area contributed by atoms with Crippen molar-refractivity contribution in [3.63, 3.8) is 0 Å². The van der Waals surface area contributed by atoms with E-state index in [9.17, 15) is 17.6 Å². The van der Waals surface area contributed by atoms with Gasteiger partial charge in [0.2, 0.25) is 10.0 Å². The van der Waals surface area contributed by atoms with Crippen molar-refractivity contribution in [2.75, 3.05) is 31.1 Å². The van der Waals surface area contributed by atoms with Crippen LogP contribution in [-0.4, -0.2) is 50.0 Å². The second-order valence-electron chi connectivity index (χ2n) is 5.84. The summed E-state index contributed by atoms with van der Waals surface area (Å²) in [5, 5.41) is 8.63. The summed E-state index contributed by atoms with van der Waals surface area (Å²) >= 11 is 0. The van der Waals surface area contributed by atoms with Crippen molar-refractivity contribution in [2.24, 2.45) is 0 Å². The van der Waals surface area contributed by atoms with Gasteiger partial charge in [-0.1, -0.05) is 6.07 Å². The van der Waals surface area contributed by atoms with Crippen LogP contribution in [0.5, 0.6) is 0 Å². The molecule has 138 valence electrons. The summed E-state index contributed by atoms with van der Waals surface area (Å²) in [7, 11) is -3.73. The number of amides is 1. The molecule has 3 rings (SSSR count). The van der Waals surface area contributed by atoms with Crippen LogP contribution in [0.2, 0.25) is 0 Å². The van der Waals surface area contributed by atoms with E-state index in [1.807, 2.05) is 4.90 Å². The molecule has 0 unspecified atom stereocenters. The number of anilines is 1. The summed E-state index contributed by atoms with van der Waals surface area (Å²) in [5.41, 5.74) is 2.74. The number of hydrogen-bond acceptors (Lipinski definition) is 5. The van der Waals surface area contributed by atoms with E-state index in [2.05, 4.69) is 0 Å². The standard InChI is InChI=1S/C17H18FN3O4S/c18-14-2-1-3-16(12-14)26(24,25)21-10-8-20(9-11-21)15-6-4-13(5-7-15)17(22)19-23/h1-7,12,23H,8-11H2,(H,19,22). The van der Waals surface area contributed by atoms with E-state index in [1.54, 1.807) is 29.7 Å². The molecule has 1 aliphatic heterocycles. The van der Waals surface area contributed by atoms with Crippen LogP contribution in [-0.2, 0) is 10.0 Å². The van der Waals surface area contributed by atoms with Crippen LogP contribution in [0.3, 0.4) is 0 Å². The van der Waals surface area contributed by atoms with Gasteiger partial charge >= 0.3 is 0 Å². The first-order chi connectivity index (χ1) is 12.4. The Bertz CT molecular complexity index is 894. The maximum Gasteiger partial charge on any atom is 0.274 e. The lowest BCUT2D eigenvalue weighted by Crippen LogP contribution is -2.48. The van der Waals surface area contributed by atoms with Gasteiger partial charge in [0.05, 0.1) is 4.90 Å². The molecule has 9 heteroatoms. The summed E-state index contributed by atoms with van der Waals surface area (Å²) in [5.74, 6) is -1.18. The van der Waals surface area contributed by atoms with Crippen LogP contribution in [0.1, 0.15) is 10.4 Å². The molecule has 1 fully saturated rings. The van der Waals surface area contributed by atoms with Gasteiger partial charge in [-0.2, -0.15) is 4.31 Å². The first-order valence-corrected chi connectivity index (χ1v) is 9.41. The molecule has 1 aliphatic rings. The summed E-state index contributed by atoms with van der Waals surface area (Å²) < 4.78 is 39.9. The fourth-order valence-corrected chi connectivity index (χ4v) is 4.31. The van der Waals surface area contributed by atoms with Crippen molar-refractivity contribution in [1.29, 1.82) is 0 Å². The van der Waals surface area contributed by atoms with Crippen molar-refractivity contribution >= 4 is 21.6 Å². The lowest BCUT2D eigenvalue weighted by atomic mass is 10.2. The number of benzene rings is 2. The molecule has 0 bridgehead atoms. The number of halogens is 1. The molecular weight excluding hydrogens is 361 g/mol. The quantitative estimate of drug-likeness (QED) is 0.620. The van der Waals surface area contributed by atoms with Crippen molar-refractivity contribution < 1.29 is 22.8 Å². The number of hydrogen-bond donors (Lipinski definition) is 2. The predicted octanol–water partition coefficient (Wildman–Crippen LogP) is 1.46. The average Bonchev–Trinajstić information content (AvgIpc) is 2.67. The van der Waals surface area contributed by atoms with Gasteiger partial charge in [0.25, 0.3) is 5.91 Å². The molecule has 0 saturated carbocycles. The zero-order valence-electron chi connectivity index (χ0n) is 13.8. The summed E-state index contributed by atoms with van der Waals surface area (Å²) in [6.07, 6.45) is 0. The van der Waals surface area contributed by atoms with Gasteiger partial charge in [-0.25, -0.2) is 18.3 Å². The zero-order chi connectivity index (χ0) is 18.7. The molecule has 0 atom stereocenters. The van der Waals surface area contributed by atoms with Gasteiger partial charge in [0.1, 0.15) is 5.82 Å². The van der Waals surface area contributed by atoms with E-state index in [0.717, 1.165) is 11.8 Å². The highest BCUT2D eigenvalue weighted by molar-refractivity contribution is 7.89. The minimum Gasteiger partial charge on any atom is -0.369 e. The minimum absolute atomic E-state index is 0.0506. The Morgan fingerprint density at radius 3 is 2.27 bits per heavy atom. The van der Waals surface area contributed by atoms with Crippen LogP contribution < -0.4 is 10.4 Å². The van der Waals surface area contributed by atoms with Crippen molar-refractivity contribution in [1.82, 2.24) is 9.79 Å². The van der Waals surface area contributed by atoms with Gasteiger partial charge in [-0.3, -0.25) is 10.0 Å². The Hall–Kier alpha value is -2.49. The molecule has 2 aromatic rings. The lowest BCUT2D eigenvalue weighted by Gasteiger charge is -2.35. The van der Waals surface area contributed by atoms with Crippen molar-refractivity contribution in [3.8, 4) is 0 Å². The zero-order valence-corrected chi connectivity index (χ0v) is 14.6. The Kier molecular flexibility index (Phi) is 5.21. The summed E-state index contributed by atoms with van der Waals surface area (Å²) in [4.78, 5) is 13.3. The third kappa shape index (κ3) is 3.69. The minimum atomic E-state index is -3.73. The first-order valence-electron chi connectivity index (χ1n) is 7.97. The van der Waals surface area contributed by atoms with Gasteiger partial charge in [0.15, 0.2) is 0 Å². The monoisotopic (exact) mass is 379 g/mol. The second-order valence-corrected chi connectivity index (χ2v) is 7.77. The topological polar surface area (TPSA) is 89.9 Å². The normalized spacial score (nSPS) is 15.7. The molecule has 0 radical (unpaired) electrons. The summed E-state index contributed by atoms with van der Waals surface area (Å²) in [6, 6.07) is 11.6. The van der Waals surface area contributed by atoms with Crippen LogP contribution >= 0.6 is 0 Å². The lowest BCUT2D eigenvalue weighted by molar-refractivity contribution is 0.0706. The smallest absolute Gasteiger partial charge is 0.274 e. The molecule has 0 aromatic heterocycles. The number of nitrogens with one attached hydrogen (secondary N) is 1. The molecule has 1 heterocycles. The van der Waals surface area contributed by atoms with Gasteiger partial charge in [0, 0.05) is 37.4 Å². The number of hydroxylamine groups is 1. The van der Waals surface area contributed by atoms with Gasteiger partial charge < -0.3 is 4.90 Å². The number of sulfonamides is 1. The van der Waals surface area contributed by atoms with Crippen LogP contribution in [0, 0.1) is 5.82 Å². The molecule has 1 amide bonds. The fourth-order valence-electron chi connectivity index (χ4n) is 2.85. The molecular formula is C17H18FN3O4S. The highest BCUT2D eigenvalue weighted by Gasteiger charge is 2.28. The number of carbonyl (C=O) groups is 1. The molecule has 26 heavy (non-hydrogen) atoms. The van der Waals surface area contributed by atoms with Crippen molar-refractivity contribution in [2.45, 2.75) is 4.90 Å². The Balaban J connectivity index is 1.68. The second kappa shape index (κ2) is 7.40. The van der Waals surface area contributed by atoms with E-state index in [-0.39, 0.29) is 18.0 Å². The Labute approximate surface area is 150 Å². The number of nitrogens with zero attached hydrogens (tertiary/aromatic N) is 2. The van der Waals surface area contributed by atoms with E-state index in [1.165, 1.54) is 22.5 Å².